The van der Waals surface area contributed by atoms with Crippen LogP contribution in [0.5, 0.6) is 0 Å². The van der Waals surface area contributed by atoms with E-state index < -0.39 is 0 Å². The summed E-state index contributed by atoms with van der Waals surface area (Å²) < 4.78 is 5.16. The quantitative estimate of drug-likeness (QED) is 0.765. The fourth-order valence-electron chi connectivity index (χ4n) is 1.19. The zero-order valence-corrected chi connectivity index (χ0v) is 8.29. The molecule has 13 heavy (non-hydrogen) atoms. The molecule has 1 unspecified atom stereocenters. The van der Waals surface area contributed by atoms with Gasteiger partial charge < -0.3 is 9.84 Å². The summed E-state index contributed by atoms with van der Waals surface area (Å²) in [6.07, 6.45) is 2.36. The molecule has 1 N–H and O–H groups in total. The largest absolute Gasteiger partial charge is 0.338 e. The topological polar surface area (TPSA) is 51.0 Å². The Morgan fingerprint density at radius 2 is 2.23 bits per heavy atom. The molecule has 1 aliphatic rings. The molecule has 1 aromatic heterocycles. The molecule has 4 heteroatoms. The summed E-state index contributed by atoms with van der Waals surface area (Å²) in [6.45, 7) is 4.18. The molecule has 72 valence electrons. The highest BCUT2D eigenvalue weighted by Gasteiger charge is 2.43. The van der Waals surface area contributed by atoms with Crippen molar-refractivity contribution in [2.24, 2.45) is 0 Å². The van der Waals surface area contributed by atoms with Gasteiger partial charge in [-0.3, -0.25) is 0 Å². The maximum atomic E-state index is 5.16. The molecule has 1 saturated carbocycles. The zero-order chi connectivity index (χ0) is 9.47. The van der Waals surface area contributed by atoms with Crippen LogP contribution in [0.2, 0.25) is 0 Å². The summed E-state index contributed by atoms with van der Waals surface area (Å²) in [5.74, 6) is 1.55. The molecule has 0 saturated heterocycles. The number of nitrogens with one attached hydrogen (secondary N) is 1. The smallest absolute Gasteiger partial charge is 0.243 e. The van der Waals surface area contributed by atoms with Gasteiger partial charge in [-0.05, 0) is 26.8 Å². The van der Waals surface area contributed by atoms with Crippen LogP contribution in [0, 0.1) is 0 Å². The number of nitrogens with zero attached hydrogens (tertiary/aromatic N) is 2. The molecule has 1 fully saturated rings. The van der Waals surface area contributed by atoms with Gasteiger partial charge in [-0.15, -0.1) is 0 Å². The second-order valence-corrected chi connectivity index (χ2v) is 4.03. The lowest BCUT2D eigenvalue weighted by atomic mass is 10.1. The van der Waals surface area contributed by atoms with Crippen molar-refractivity contribution in [1.29, 1.82) is 0 Å². The lowest BCUT2D eigenvalue weighted by Gasteiger charge is -2.02. The van der Waals surface area contributed by atoms with Crippen molar-refractivity contribution in [3.05, 3.63) is 11.7 Å². The van der Waals surface area contributed by atoms with Gasteiger partial charge in [0.25, 0.3) is 0 Å². The summed E-state index contributed by atoms with van der Waals surface area (Å²) in [6, 6.07) is 0.142. The predicted octanol–water partition coefficient (Wildman–Crippen LogP) is 1.40. The van der Waals surface area contributed by atoms with E-state index in [0.29, 0.717) is 5.89 Å². The van der Waals surface area contributed by atoms with Crippen molar-refractivity contribution in [2.45, 2.75) is 38.1 Å². The van der Waals surface area contributed by atoms with Gasteiger partial charge in [0.1, 0.15) is 0 Å². The molecule has 0 radical (unpaired) electrons. The van der Waals surface area contributed by atoms with E-state index in [0.717, 1.165) is 5.82 Å². The second kappa shape index (κ2) is 2.80. The Kier molecular flexibility index (Phi) is 1.87. The average molecular weight is 181 g/mol. The first-order valence-electron chi connectivity index (χ1n) is 4.67. The number of aromatic nitrogens is 2. The molecule has 2 rings (SSSR count). The minimum absolute atomic E-state index is 0.142. The molecule has 0 bridgehead atoms. The average Bonchev–Trinajstić information content (AvgIpc) is 2.72. The van der Waals surface area contributed by atoms with Crippen molar-refractivity contribution in [3.8, 4) is 0 Å². The van der Waals surface area contributed by atoms with Crippen LogP contribution in [0.25, 0.3) is 0 Å². The fourth-order valence-corrected chi connectivity index (χ4v) is 1.19. The third-order valence-corrected chi connectivity index (χ3v) is 2.79. The molecular weight excluding hydrogens is 166 g/mol. The Morgan fingerprint density at radius 1 is 1.54 bits per heavy atom. The SMILES string of the molecule is CNC(C)c1nc(C2(C)CC2)no1. The molecule has 4 nitrogen and oxygen atoms in total. The lowest BCUT2D eigenvalue weighted by Crippen LogP contribution is -2.13. The zero-order valence-electron chi connectivity index (χ0n) is 8.29. The Bertz CT molecular complexity index is 304. The molecule has 1 atom stereocenters. The number of hydrogen-bond acceptors (Lipinski definition) is 4. The molecule has 0 aromatic carbocycles. The highest BCUT2D eigenvalue weighted by Crippen LogP contribution is 2.46. The van der Waals surface area contributed by atoms with Gasteiger partial charge in [0.15, 0.2) is 5.82 Å². The number of hydrogen-bond donors (Lipinski definition) is 1. The van der Waals surface area contributed by atoms with Crippen molar-refractivity contribution < 1.29 is 4.52 Å². The van der Waals surface area contributed by atoms with Crippen molar-refractivity contribution in [1.82, 2.24) is 15.5 Å². The Balaban J connectivity index is 2.18. The van der Waals surface area contributed by atoms with Gasteiger partial charge in [-0.1, -0.05) is 12.1 Å². The lowest BCUT2D eigenvalue weighted by molar-refractivity contribution is 0.341. The van der Waals surface area contributed by atoms with Crippen LogP contribution in [0.1, 0.15) is 44.4 Å². The van der Waals surface area contributed by atoms with E-state index in [1.165, 1.54) is 12.8 Å². The van der Waals surface area contributed by atoms with E-state index in [-0.39, 0.29) is 11.5 Å². The normalized spacial score (nSPS) is 21.5. The van der Waals surface area contributed by atoms with Crippen LogP contribution in [-0.2, 0) is 5.41 Å². The highest BCUT2D eigenvalue weighted by atomic mass is 16.5. The Labute approximate surface area is 77.7 Å². The molecule has 0 aliphatic heterocycles. The van der Waals surface area contributed by atoms with E-state index in [1.54, 1.807) is 0 Å². The van der Waals surface area contributed by atoms with E-state index in [9.17, 15) is 0 Å². The van der Waals surface area contributed by atoms with Crippen LogP contribution in [0.15, 0.2) is 4.52 Å². The van der Waals surface area contributed by atoms with E-state index >= 15 is 0 Å². The second-order valence-electron chi connectivity index (χ2n) is 4.03. The first kappa shape index (κ1) is 8.69. The standard InChI is InChI=1S/C9H15N3O/c1-6(10-3)7-11-8(12-13-7)9(2)4-5-9/h6,10H,4-5H2,1-3H3. The molecule has 0 spiro atoms. The van der Waals surface area contributed by atoms with Gasteiger partial charge in [0.05, 0.1) is 6.04 Å². The summed E-state index contributed by atoms with van der Waals surface area (Å²) in [5.41, 5.74) is 0.204. The van der Waals surface area contributed by atoms with Crippen molar-refractivity contribution in [3.63, 3.8) is 0 Å². The summed E-state index contributed by atoms with van der Waals surface area (Å²) >= 11 is 0. The Morgan fingerprint density at radius 3 is 2.77 bits per heavy atom. The monoisotopic (exact) mass is 181 g/mol. The number of rotatable bonds is 3. The van der Waals surface area contributed by atoms with Crippen LogP contribution in [0.3, 0.4) is 0 Å². The third-order valence-electron chi connectivity index (χ3n) is 2.79. The van der Waals surface area contributed by atoms with Gasteiger partial charge in [-0.2, -0.15) is 4.98 Å². The first-order chi connectivity index (χ1) is 6.15. The Hall–Kier alpha value is -0.900. The van der Waals surface area contributed by atoms with E-state index in [1.807, 2.05) is 14.0 Å². The van der Waals surface area contributed by atoms with E-state index in [4.69, 9.17) is 4.52 Å². The minimum atomic E-state index is 0.142. The van der Waals surface area contributed by atoms with Crippen LogP contribution in [0.4, 0.5) is 0 Å². The van der Waals surface area contributed by atoms with Gasteiger partial charge in [0, 0.05) is 5.41 Å². The summed E-state index contributed by atoms with van der Waals surface area (Å²) in [4.78, 5) is 4.37. The van der Waals surface area contributed by atoms with E-state index in [2.05, 4.69) is 22.4 Å². The molecule has 0 amide bonds. The summed E-state index contributed by atoms with van der Waals surface area (Å²) in [5, 5.41) is 7.06. The van der Waals surface area contributed by atoms with Crippen LogP contribution < -0.4 is 5.32 Å². The predicted molar refractivity (Wildman–Crippen MR) is 48.4 cm³/mol. The van der Waals surface area contributed by atoms with Crippen molar-refractivity contribution >= 4 is 0 Å². The maximum absolute atomic E-state index is 5.16. The first-order valence-corrected chi connectivity index (χ1v) is 4.67. The van der Waals surface area contributed by atoms with Gasteiger partial charge >= 0.3 is 0 Å². The fraction of sp³-hybridized carbons (Fsp3) is 0.778. The van der Waals surface area contributed by atoms with Gasteiger partial charge in [-0.25, -0.2) is 0 Å². The molecule has 1 heterocycles. The molecular formula is C9H15N3O. The maximum Gasteiger partial charge on any atom is 0.243 e. The van der Waals surface area contributed by atoms with Gasteiger partial charge in [0.2, 0.25) is 5.89 Å². The van der Waals surface area contributed by atoms with Crippen molar-refractivity contribution in [2.75, 3.05) is 7.05 Å². The minimum Gasteiger partial charge on any atom is -0.338 e. The molecule has 1 aliphatic carbocycles. The molecule has 1 aromatic rings. The summed E-state index contributed by atoms with van der Waals surface area (Å²) in [7, 11) is 1.88. The third kappa shape index (κ3) is 1.46. The highest BCUT2D eigenvalue weighted by molar-refractivity contribution is 5.14. The van der Waals surface area contributed by atoms with Crippen LogP contribution in [-0.4, -0.2) is 17.2 Å². The van der Waals surface area contributed by atoms with Crippen LogP contribution >= 0.6 is 0 Å².